The molecule has 0 unspecified atom stereocenters. The molecule has 0 radical (unpaired) electrons. The van der Waals surface area contributed by atoms with Gasteiger partial charge in [-0.1, -0.05) is 56.2 Å². The molecule has 1 aliphatic heterocycles. The summed E-state index contributed by atoms with van der Waals surface area (Å²) in [6.07, 6.45) is 9.92. The highest BCUT2D eigenvalue weighted by Gasteiger charge is 2.33. The Morgan fingerprint density at radius 2 is 1.89 bits per heavy atom. The van der Waals surface area contributed by atoms with Gasteiger partial charge in [0, 0.05) is 6.42 Å². The van der Waals surface area contributed by atoms with Gasteiger partial charge in [0.05, 0.1) is 13.2 Å². The molecule has 0 spiro atoms. The van der Waals surface area contributed by atoms with Crippen molar-refractivity contribution in [2.24, 2.45) is 11.8 Å². The first-order chi connectivity index (χ1) is 13.7. The Labute approximate surface area is 167 Å². The number of benzene rings is 1. The third kappa shape index (κ3) is 5.69. The summed E-state index contributed by atoms with van der Waals surface area (Å²) in [7, 11) is 0. The standard InChI is InChI=1S/C23H30O5/c1-2-12-26-23(25)21-13-20(19-6-4-3-5-7-19)14-22(28-21)27-16-18-10-8-17(15-24)9-11-18/h2,8-11,13,19-20,22,24H,1,3-7,12,14-16H2/t20-,22+/m1/s1. The van der Waals surface area contributed by atoms with E-state index in [-0.39, 0.29) is 24.9 Å². The van der Waals surface area contributed by atoms with Crippen molar-refractivity contribution < 1.29 is 24.1 Å². The Hall–Kier alpha value is -2.11. The topological polar surface area (TPSA) is 65.0 Å². The van der Waals surface area contributed by atoms with Gasteiger partial charge >= 0.3 is 5.97 Å². The summed E-state index contributed by atoms with van der Waals surface area (Å²) in [4.78, 5) is 12.3. The Morgan fingerprint density at radius 1 is 1.18 bits per heavy atom. The predicted molar refractivity (Wildman–Crippen MR) is 106 cm³/mol. The number of ether oxygens (including phenoxy) is 3. The first-order valence-electron chi connectivity index (χ1n) is 10.2. The van der Waals surface area contributed by atoms with Gasteiger partial charge < -0.3 is 19.3 Å². The van der Waals surface area contributed by atoms with Crippen LogP contribution in [-0.4, -0.2) is 24.0 Å². The SMILES string of the molecule is C=CCOC(=O)C1=C[C@@H](C2CCCCC2)C[C@@H](OCc2ccc(CO)cc2)O1. The summed E-state index contributed by atoms with van der Waals surface area (Å²) >= 11 is 0. The number of allylic oxidation sites excluding steroid dienone is 1. The van der Waals surface area contributed by atoms with Gasteiger partial charge in [-0.25, -0.2) is 4.79 Å². The normalized spacial score (nSPS) is 22.8. The average Bonchev–Trinajstić information content (AvgIpc) is 2.76. The number of esters is 1. The zero-order chi connectivity index (χ0) is 19.8. The van der Waals surface area contributed by atoms with E-state index >= 15 is 0 Å². The van der Waals surface area contributed by atoms with E-state index in [4.69, 9.17) is 19.3 Å². The molecule has 1 heterocycles. The van der Waals surface area contributed by atoms with Crippen LogP contribution in [0.2, 0.25) is 0 Å². The smallest absolute Gasteiger partial charge is 0.373 e. The number of rotatable bonds is 8. The highest BCUT2D eigenvalue weighted by atomic mass is 16.7. The molecule has 1 aromatic carbocycles. The summed E-state index contributed by atoms with van der Waals surface area (Å²) < 4.78 is 17.0. The molecule has 2 aliphatic rings. The van der Waals surface area contributed by atoms with Crippen LogP contribution in [0.3, 0.4) is 0 Å². The van der Waals surface area contributed by atoms with Gasteiger partial charge in [-0.05, 0) is 41.9 Å². The molecule has 5 nitrogen and oxygen atoms in total. The highest BCUT2D eigenvalue weighted by Crippen LogP contribution is 2.37. The first-order valence-corrected chi connectivity index (χ1v) is 10.2. The molecule has 0 saturated heterocycles. The predicted octanol–water partition coefficient (Wildman–Crippen LogP) is 4.25. The number of aliphatic hydroxyl groups excluding tert-OH is 1. The van der Waals surface area contributed by atoms with E-state index in [0.717, 1.165) is 17.5 Å². The number of hydrogen-bond donors (Lipinski definition) is 1. The molecule has 5 heteroatoms. The van der Waals surface area contributed by atoms with E-state index < -0.39 is 12.3 Å². The lowest BCUT2D eigenvalue weighted by Crippen LogP contribution is -2.32. The quantitative estimate of drug-likeness (QED) is 0.534. The molecule has 1 fully saturated rings. The number of hydrogen-bond acceptors (Lipinski definition) is 5. The maximum Gasteiger partial charge on any atom is 0.373 e. The van der Waals surface area contributed by atoms with Gasteiger partial charge in [0.1, 0.15) is 6.61 Å². The maximum atomic E-state index is 12.3. The summed E-state index contributed by atoms with van der Waals surface area (Å²) in [5.41, 5.74) is 1.87. The fourth-order valence-electron chi connectivity index (χ4n) is 3.96. The summed E-state index contributed by atoms with van der Waals surface area (Å²) in [6.45, 7) is 4.16. The van der Waals surface area contributed by atoms with Crippen molar-refractivity contribution in [3.8, 4) is 0 Å². The van der Waals surface area contributed by atoms with E-state index in [1.165, 1.54) is 32.1 Å². The van der Waals surface area contributed by atoms with E-state index in [1.807, 2.05) is 30.3 Å². The van der Waals surface area contributed by atoms with Crippen LogP contribution in [0.15, 0.2) is 48.8 Å². The molecule has 152 valence electrons. The lowest BCUT2D eigenvalue weighted by molar-refractivity contribution is -0.167. The van der Waals surface area contributed by atoms with Gasteiger partial charge in [0.15, 0.2) is 0 Å². The lowest BCUT2D eigenvalue weighted by atomic mass is 9.77. The molecule has 2 atom stereocenters. The summed E-state index contributed by atoms with van der Waals surface area (Å²) in [6, 6.07) is 7.62. The zero-order valence-corrected chi connectivity index (χ0v) is 16.3. The van der Waals surface area contributed by atoms with Crippen molar-refractivity contribution in [1.29, 1.82) is 0 Å². The van der Waals surface area contributed by atoms with Gasteiger partial charge in [-0.3, -0.25) is 0 Å². The third-order valence-electron chi connectivity index (χ3n) is 5.52. The number of carbonyl (C=O) groups is 1. The van der Waals surface area contributed by atoms with Gasteiger partial charge in [0.25, 0.3) is 0 Å². The molecule has 28 heavy (non-hydrogen) atoms. The lowest BCUT2D eigenvalue weighted by Gasteiger charge is -2.34. The molecule has 0 amide bonds. The average molecular weight is 386 g/mol. The molecule has 1 N–H and O–H groups in total. The number of aliphatic hydroxyl groups is 1. The van der Waals surface area contributed by atoms with E-state index in [2.05, 4.69) is 6.58 Å². The van der Waals surface area contributed by atoms with Crippen LogP contribution in [0, 0.1) is 11.8 Å². The van der Waals surface area contributed by atoms with Crippen LogP contribution in [0.25, 0.3) is 0 Å². The van der Waals surface area contributed by atoms with Crippen LogP contribution in [-0.2, 0) is 32.2 Å². The van der Waals surface area contributed by atoms with E-state index in [1.54, 1.807) is 6.08 Å². The van der Waals surface area contributed by atoms with E-state index in [0.29, 0.717) is 12.5 Å². The molecular weight excluding hydrogens is 356 g/mol. The third-order valence-corrected chi connectivity index (χ3v) is 5.52. The molecule has 1 saturated carbocycles. The van der Waals surface area contributed by atoms with Gasteiger partial charge in [-0.15, -0.1) is 0 Å². The van der Waals surface area contributed by atoms with Crippen molar-refractivity contribution in [1.82, 2.24) is 0 Å². The Morgan fingerprint density at radius 3 is 2.57 bits per heavy atom. The Kier molecular flexibility index (Phi) is 7.69. The van der Waals surface area contributed by atoms with E-state index in [9.17, 15) is 4.79 Å². The summed E-state index contributed by atoms with van der Waals surface area (Å²) in [5, 5.41) is 9.15. The van der Waals surface area contributed by atoms with Crippen LogP contribution < -0.4 is 0 Å². The van der Waals surface area contributed by atoms with Gasteiger partial charge in [0.2, 0.25) is 12.0 Å². The second kappa shape index (κ2) is 10.4. The molecule has 3 rings (SSSR count). The minimum atomic E-state index is -0.472. The monoisotopic (exact) mass is 386 g/mol. The minimum Gasteiger partial charge on any atom is -0.458 e. The minimum absolute atomic E-state index is 0.0247. The van der Waals surface area contributed by atoms with Crippen molar-refractivity contribution >= 4 is 5.97 Å². The number of carbonyl (C=O) groups excluding carboxylic acids is 1. The maximum absolute atomic E-state index is 12.3. The van der Waals surface area contributed by atoms with Crippen molar-refractivity contribution in [2.45, 2.75) is 58.0 Å². The van der Waals surface area contributed by atoms with Crippen LogP contribution in [0.5, 0.6) is 0 Å². The van der Waals surface area contributed by atoms with Crippen molar-refractivity contribution in [2.75, 3.05) is 6.61 Å². The zero-order valence-electron chi connectivity index (χ0n) is 16.3. The van der Waals surface area contributed by atoms with Gasteiger partial charge in [-0.2, -0.15) is 0 Å². The molecule has 1 aromatic rings. The second-order valence-electron chi connectivity index (χ2n) is 7.55. The summed E-state index contributed by atoms with van der Waals surface area (Å²) in [5.74, 6) is 0.627. The fraction of sp³-hybridized carbons (Fsp3) is 0.522. The van der Waals surface area contributed by atoms with Crippen LogP contribution in [0.4, 0.5) is 0 Å². The highest BCUT2D eigenvalue weighted by molar-refractivity contribution is 5.86. The second-order valence-corrected chi connectivity index (χ2v) is 7.55. The fourth-order valence-corrected chi connectivity index (χ4v) is 3.96. The molecule has 1 aliphatic carbocycles. The van der Waals surface area contributed by atoms with Crippen molar-refractivity contribution in [3.63, 3.8) is 0 Å². The molecule has 0 aromatic heterocycles. The Bertz CT molecular complexity index is 673. The van der Waals surface area contributed by atoms with Crippen molar-refractivity contribution in [3.05, 3.63) is 59.9 Å². The Balaban J connectivity index is 1.65. The molecular formula is C23H30O5. The first kappa shape index (κ1) is 20.6. The van der Waals surface area contributed by atoms with Crippen LogP contribution >= 0.6 is 0 Å². The molecule has 0 bridgehead atoms. The largest absolute Gasteiger partial charge is 0.458 e. The van der Waals surface area contributed by atoms with Crippen LogP contribution in [0.1, 0.15) is 49.7 Å².